The Balaban J connectivity index is 3.45. The van der Waals surface area contributed by atoms with Gasteiger partial charge in [-0.15, -0.1) is 0 Å². The van der Waals surface area contributed by atoms with Crippen LogP contribution >= 0.6 is 11.6 Å². The molecule has 1 aromatic carbocycles. The summed E-state index contributed by atoms with van der Waals surface area (Å²) in [6, 6.07) is 0. The molecule has 0 unspecified atom stereocenters. The first-order valence-corrected chi connectivity index (χ1v) is 5.07. The van der Waals surface area contributed by atoms with E-state index in [1.165, 1.54) is 7.11 Å². The van der Waals surface area contributed by atoms with Gasteiger partial charge in [-0.3, -0.25) is 0 Å². The quantitative estimate of drug-likeness (QED) is 0.837. The minimum Gasteiger partial charge on any atom is -0.504 e. The van der Waals surface area contributed by atoms with Crippen LogP contribution in [0.25, 0.3) is 0 Å². The zero-order valence-corrected chi connectivity index (χ0v) is 9.85. The summed E-state index contributed by atoms with van der Waals surface area (Å²) < 4.78 is 5.08. The van der Waals surface area contributed by atoms with E-state index < -0.39 is 0 Å². The second kappa shape index (κ2) is 4.73. The van der Waals surface area contributed by atoms with E-state index in [9.17, 15) is 5.11 Å². The Morgan fingerprint density at radius 2 is 1.87 bits per heavy atom. The van der Waals surface area contributed by atoms with Crippen LogP contribution in [0, 0.1) is 13.8 Å². The molecule has 3 nitrogen and oxygen atoms in total. The molecule has 0 fully saturated rings. The van der Waals surface area contributed by atoms with E-state index in [1.54, 1.807) is 6.92 Å². The number of hydrogen-bond acceptors (Lipinski definition) is 3. The number of benzene rings is 1. The highest BCUT2D eigenvalue weighted by Gasteiger charge is 2.18. The topological polar surface area (TPSA) is 49.7 Å². The lowest BCUT2D eigenvalue weighted by molar-refractivity contribution is 0.295. The van der Waals surface area contributed by atoms with Gasteiger partial charge in [-0.25, -0.2) is 0 Å². The molecule has 0 atom stereocenters. The molecule has 0 amide bonds. The van der Waals surface area contributed by atoms with Crippen LogP contribution in [0.1, 0.15) is 16.7 Å². The molecule has 0 saturated heterocycles. The molecule has 84 valence electrons. The first-order chi connectivity index (χ1) is 7.04. The number of hydrogen-bond donors (Lipinski definition) is 2. The van der Waals surface area contributed by atoms with Crippen LogP contribution in [-0.2, 0) is 6.42 Å². The van der Waals surface area contributed by atoms with Crippen LogP contribution in [0.4, 0.5) is 0 Å². The summed E-state index contributed by atoms with van der Waals surface area (Å²) in [5.74, 6) is 0.458. The average molecular weight is 231 g/mol. The third-order valence-corrected chi connectivity index (χ3v) is 3.09. The number of aliphatic hydroxyl groups excluding tert-OH is 1. The first-order valence-electron chi connectivity index (χ1n) is 4.69. The van der Waals surface area contributed by atoms with Gasteiger partial charge in [0.2, 0.25) is 0 Å². The zero-order valence-electron chi connectivity index (χ0n) is 9.09. The third-order valence-electron chi connectivity index (χ3n) is 2.52. The van der Waals surface area contributed by atoms with Crippen molar-refractivity contribution in [2.75, 3.05) is 13.7 Å². The molecule has 15 heavy (non-hydrogen) atoms. The fraction of sp³-hybridized carbons (Fsp3) is 0.455. The maximum atomic E-state index is 9.91. The molecule has 0 saturated carbocycles. The van der Waals surface area contributed by atoms with Crippen molar-refractivity contribution >= 4 is 11.6 Å². The van der Waals surface area contributed by atoms with E-state index >= 15 is 0 Å². The molecule has 0 spiro atoms. The molecule has 0 aliphatic rings. The second-order valence-electron chi connectivity index (χ2n) is 3.40. The predicted molar refractivity (Wildman–Crippen MR) is 59.9 cm³/mol. The van der Waals surface area contributed by atoms with Gasteiger partial charge in [-0.05, 0) is 25.8 Å². The number of phenolic OH excluding ortho intramolecular Hbond substituents is 1. The van der Waals surface area contributed by atoms with Gasteiger partial charge in [0.05, 0.1) is 12.1 Å². The SMILES string of the molecule is COc1c(C)c(Cl)c(C)c(CCO)c1O. The van der Waals surface area contributed by atoms with Gasteiger partial charge < -0.3 is 14.9 Å². The van der Waals surface area contributed by atoms with Crippen LogP contribution in [0.5, 0.6) is 11.5 Å². The second-order valence-corrected chi connectivity index (χ2v) is 3.78. The first kappa shape index (κ1) is 12.1. The smallest absolute Gasteiger partial charge is 0.165 e. The Kier molecular flexibility index (Phi) is 3.83. The number of phenols is 1. The standard InChI is InChI=1S/C11H15ClO3/c1-6-8(4-5-13)10(14)11(15-3)7(2)9(6)12/h13-14H,4-5H2,1-3H3. The maximum absolute atomic E-state index is 9.91. The van der Waals surface area contributed by atoms with Crippen molar-refractivity contribution in [3.05, 3.63) is 21.7 Å². The van der Waals surface area contributed by atoms with Crippen molar-refractivity contribution in [3.63, 3.8) is 0 Å². The van der Waals surface area contributed by atoms with E-state index in [2.05, 4.69) is 0 Å². The minimum atomic E-state index is -0.0308. The van der Waals surface area contributed by atoms with Crippen LogP contribution in [-0.4, -0.2) is 23.9 Å². The number of ether oxygens (including phenoxy) is 1. The zero-order chi connectivity index (χ0) is 11.6. The molecule has 2 N–H and O–H groups in total. The van der Waals surface area contributed by atoms with Gasteiger partial charge >= 0.3 is 0 Å². The molecule has 0 radical (unpaired) electrons. The molecule has 0 heterocycles. The molecule has 1 rings (SSSR count). The van der Waals surface area contributed by atoms with Crippen molar-refractivity contribution in [2.45, 2.75) is 20.3 Å². The van der Waals surface area contributed by atoms with Crippen LogP contribution in [0.15, 0.2) is 0 Å². The van der Waals surface area contributed by atoms with Gasteiger partial charge in [0.1, 0.15) is 0 Å². The van der Waals surface area contributed by atoms with Gasteiger partial charge in [0.15, 0.2) is 11.5 Å². The summed E-state index contributed by atoms with van der Waals surface area (Å²) in [5.41, 5.74) is 2.15. The summed E-state index contributed by atoms with van der Waals surface area (Å²) in [7, 11) is 1.48. The maximum Gasteiger partial charge on any atom is 0.165 e. The average Bonchev–Trinajstić information content (AvgIpc) is 2.22. The van der Waals surface area contributed by atoms with Gasteiger partial charge in [-0.2, -0.15) is 0 Å². The summed E-state index contributed by atoms with van der Waals surface area (Å²) in [6.07, 6.45) is 0.369. The number of rotatable bonds is 3. The number of halogens is 1. The molecular formula is C11H15ClO3. The van der Waals surface area contributed by atoms with Gasteiger partial charge in [-0.1, -0.05) is 11.6 Å². The Labute approximate surface area is 94.3 Å². The van der Waals surface area contributed by atoms with E-state index in [0.717, 1.165) is 11.1 Å². The lowest BCUT2D eigenvalue weighted by Crippen LogP contribution is -2.00. The van der Waals surface area contributed by atoms with Crippen molar-refractivity contribution in [2.24, 2.45) is 0 Å². The van der Waals surface area contributed by atoms with Crippen molar-refractivity contribution < 1.29 is 14.9 Å². The molecule has 0 aliphatic carbocycles. The molecule has 0 aromatic heterocycles. The fourth-order valence-corrected chi connectivity index (χ4v) is 1.87. The lowest BCUT2D eigenvalue weighted by Gasteiger charge is -2.16. The van der Waals surface area contributed by atoms with Crippen LogP contribution in [0.2, 0.25) is 5.02 Å². The minimum absolute atomic E-state index is 0.0308. The number of methoxy groups -OCH3 is 1. The van der Waals surface area contributed by atoms with E-state index in [1.807, 2.05) is 6.92 Å². The lowest BCUT2D eigenvalue weighted by atomic mass is 10.0. The molecule has 0 bridgehead atoms. The normalized spacial score (nSPS) is 10.5. The fourth-order valence-electron chi connectivity index (χ4n) is 1.67. The summed E-state index contributed by atoms with van der Waals surface area (Å²) in [5, 5.41) is 19.4. The monoisotopic (exact) mass is 230 g/mol. The highest BCUT2D eigenvalue weighted by Crippen LogP contribution is 2.41. The summed E-state index contributed by atoms with van der Waals surface area (Å²) in [6.45, 7) is 3.58. The molecule has 0 aliphatic heterocycles. The third kappa shape index (κ3) is 2.03. The molecule has 1 aromatic rings. The highest BCUT2D eigenvalue weighted by atomic mass is 35.5. The molecule has 4 heteroatoms. The Bertz CT molecular complexity index is 375. The van der Waals surface area contributed by atoms with E-state index in [-0.39, 0.29) is 12.4 Å². The van der Waals surface area contributed by atoms with Crippen LogP contribution in [0.3, 0.4) is 0 Å². The number of aliphatic hydroxyl groups is 1. The Hall–Kier alpha value is -0.930. The Morgan fingerprint density at radius 3 is 2.33 bits per heavy atom. The van der Waals surface area contributed by atoms with Gasteiger partial charge in [0, 0.05) is 17.7 Å². The number of aromatic hydroxyl groups is 1. The summed E-state index contributed by atoms with van der Waals surface area (Å²) >= 11 is 6.10. The van der Waals surface area contributed by atoms with E-state index in [4.69, 9.17) is 21.4 Å². The van der Waals surface area contributed by atoms with Crippen molar-refractivity contribution in [1.29, 1.82) is 0 Å². The van der Waals surface area contributed by atoms with Crippen LogP contribution < -0.4 is 4.74 Å². The van der Waals surface area contributed by atoms with Gasteiger partial charge in [0.25, 0.3) is 0 Å². The van der Waals surface area contributed by atoms with E-state index in [0.29, 0.717) is 22.8 Å². The predicted octanol–water partition coefficient (Wildman–Crippen LogP) is 2.21. The molecular weight excluding hydrogens is 216 g/mol. The summed E-state index contributed by atoms with van der Waals surface area (Å²) in [4.78, 5) is 0. The largest absolute Gasteiger partial charge is 0.504 e. The van der Waals surface area contributed by atoms with Crippen molar-refractivity contribution in [3.8, 4) is 11.5 Å². The highest BCUT2D eigenvalue weighted by molar-refractivity contribution is 6.32. The Morgan fingerprint density at radius 1 is 1.27 bits per heavy atom. The van der Waals surface area contributed by atoms with Crippen molar-refractivity contribution in [1.82, 2.24) is 0 Å².